The molecule has 0 saturated heterocycles. The van der Waals surface area contributed by atoms with Crippen molar-refractivity contribution in [2.45, 2.75) is 13.3 Å². The summed E-state index contributed by atoms with van der Waals surface area (Å²) in [6, 6.07) is 8.35. The Kier molecular flexibility index (Phi) is 4.23. The number of nitrogens with one attached hydrogen (secondary N) is 1. The maximum atomic E-state index is 13.4. The van der Waals surface area contributed by atoms with E-state index in [1.54, 1.807) is 30.5 Å². The first-order chi connectivity index (χ1) is 9.18. The van der Waals surface area contributed by atoms with E-state index in [0.29, 0.717) is 24.1 Å². The van der Waals surface area contributed by atoms with Crippen molar-refractivity contribution in [1.29, 1.82) is 0 Å². The third-order valence-corrected chi connectivity index (χ3v) is 2.92. The molecule has 4 heteroatoms. The lowest BCUT2D eigenvalue weighted by molar-refractivity contribution is 0.0953. The third kappa shape index (κ3) is 3.37. The molecule has 0 saturated carbocycles. The molecule has 1 heterocycles. The highest BCUT2D eigenvalue weighted by Crippen LogP contribution is 2.07. The quantitative estimate of drug-likeness (QED) is 0.915. The van der Waals surface area contributed by atoms with E-state index in [1.807, 2.05) is 6.92 Å². The lowest BCUT2D eigenvalue weighted by atomic mass is 10.1. The molecule has 0 atom stereocenters. The van der Waals surface area contributed by atoms with E-state index in [1.165, 1.54) is 12.3 Å². The van der Waals surface area contributed by atoms with Gasteiger partial charge in [-0.2, -0.15) is 0 Å². The van der Waals surface area contributed by atoms with Gasteiger partial charge >= 0.3 is 0 Å². The predicted molar refractivity (Wildman–Crippen MR) is 71.4 cm³/mol. The van der Waals surface area contributed by atoms with Crippen LogP contribution in [0.5, 0.6) is 0 Å². The smallest absolute Gasteiger partial charge is 0.253 e. The normalized spacial score (nSPS) is 10.2. The van der Waals surface area contributed by atoms with Gasteiger partial charge in [0.1, 0.15) is 5.82 Å². The monoisotopic (exact) mass is 258 g/mol. The summed E-state index contributed by atoms with van der Waals surface area (Å²) in [7, 11) is 0. The molecule has 1 amide bonds. The Hall–Kier alpha value is -2.23. The Morgan fingerprint density at radius 3 is 2.84 bits per heavy atom. The second kappa shape index (κ2) is 6.09. The van der Waals surface area contributed by atoms with Crippen LogP contribution in [0.2, 0.25) is 0 Å². The molecule has 19 heavy (non-hydrogen) atoms. The van der Waals surface area contributed by atoms with E-state index in [0.717, 1.165) is 5.56 Å². The number of carbonyl (C=O) groups excluding carboxylic acids is 1. The zero-order chi connectivity index (χ0) is 13.7. The first kappa shape index (κ1) is 13.2. The summed E-state index contributed by atoms with van der Waals surface area (Å²) in [4.78, 5) is 15.8. The van der Waals surface area contributed by atoms with E-state index in [4.69, 9.17) is 0 Å². The molecular formula is C15H15FN2O. The highest BCUT2D eigenvalue weighted by molar-refractivity contribution is 5.95. The SMILES string of the molecule is Cc1ccncc1C(=O)NCCc1ccccc1F. The number of nitrogens with zero attached hydrogens (tertiary/aromatic N) is 1. The number of aromatic nitrogens is 1. The summed E-state index contributed by atoms with van der Waals surface area (Å²) in [6.07, 6.45) is 3.65. The number of rotatable bonds is 4. The molecule has 2 rings (SSSR count). The summed E-state index contributed by atoms with van der Waals surface area (Å²) < 4.78 is 13.4. The highest BCUT2D eigenvalue weighted by atomic mass is 19.1. The predicted octanol–water partition coefficient (Wildman–Crippen LogP) is 2.50. The summed E-state index contributed by atoms with van der Waals surface area (Å²) in [5, 5.41) is 2.77. The number of hydrogen-bond donors (Lipinski definition) is 1. The highest BCUT2D eigenvalue weighted by Gasteiger charge is 2.08. The molecule has 2 aromatic rings. The number of carbonyl (C=O) groups is 1. The second-order valence-corrected chi connectivity index (χ2v) is 4.29. The fraction of sp³-hybridized carbons (Fsp3) is 0.200. The summed E-state index contributed by atoms with van der Waals surface area (Å²) in [5.41, 5.74) is 2.03. The van der Waals surface area contributed by atoms with Gasteiger partial charge in [-0.05, 0) is 36.6 Å². The van der Waals surface area contributed by atoms with E-state index >= 15 is 0 Å². The zero-order valence-corrected chi connectivity index (χ0v) is 10.7. The third-order valence-electron chi connectivity index (χ3n) is 2.92. The van der Waals surface area contributed by atoms with Gasteiger partial charge in [-0.3, -0.25) is 9.78 Å². The van der Waals surface area contributed by atoms with Gasteiger partial charge in [0.15, 0.2) is 0 Å². The fourth-order valence-electron chi connectivity index (χ4n) is 1.81. The van der Waals surface area contributed by atoms with E-state index in [-0.39, 0.29) is 11.7 Å². The van der Waals surface area contributed by atoms with Crippen molar-refractivity contribution >= 4 is 5.91 Å². The standard InChI is InChI=1S/C15H15FN2O/c1-11-6-8-17-10-13(11)15(19)18-9-7-12-4-2-3-5-14(12)16/h2-6,8,10H,7,9H2,1H3,(H,18,19). The summed E-state index contributed by atoms with van der Waals surface area (Å²) >= 11 is 0. The number of halogens is 1. The van der Waals surface area contributed by atoms with Crippen LogP contribution in [0.25, 0.3) is 0 Å². The number of hydrogen-bond acceptors (Lipinski definition) is 2. The molecule has 0 radical (unpaired) electrons. The van der Waals surface area contributed by atoms with E-state index < -0.39 is 0 Å². The Labute approximate surface area is 111 Å². The summed E-state index contributed by atoms with van der Waals surface area (Å²) in [6.45, 7) is 2.25. The Morgan fingerprint density at radius 1 is 1.32 bits per heavy atom. The first-order valence-electron chi connectivity index (χ1n) is 6.10. The van der Waals surface area contributed by atoms with Gasteiger partial charge in [-0.1, -0.05) is 18.2 Å². The van der Waals surface area contributed by atoms with Gasteiger partial charge in [0.25, 0.3) is 5.91 Å². The largest absolute Gasteiger partial charge is 0.352 e. The Balaban J connectivity index is 1.92. The minimum atomic E-state index is -0.241. The van der Waals surface area contributed by atoms with Gasteiger partial charge in [0.2, 0.25) is 0 Å². The topological polar surface area (TPSA) is 42.0 Å². The molecule has 0 aliphatic rings. The van der Waals surface area contributed by atoms with E-state index in [9.17, 15) is 9.18 Å². The van der Waals surface area contributed by atoms with Crippen molar-refractivity contribution in [1.82, 2.24) is 10.3 Å². The lowest BCUT2D eigenvalue weighted by Gasteiger charge is -2.07. The van der Waals surface area contributed by atoms with Crippen LogP contribution in [-0.4, -0.2) is 17.4 Å². The minimum Gasteiger partial charge on any atom is -0.352 e. The van der Waals surface area contributed by atoms with Crippen molar-refractivity contribution in [2.24, 2.45) is 0 Å². The van der Waals surface area contributed by atoms with Crippen LogP contribution < -0.4 is 5.32 Å². The van der Waals surface area contributed by atoms with Crippen molar-refractivity contribution in [3.05, 3.63) is 65.2 Å². The summed E-state index contributed by atoms with van der Waals surface area (Å²) in [5.74, 6) is -0.420. The Bertz CT molecular complexity index is 584. The average Bonchev–Trinajstić information content (AvgIpc) is 2.41. The van der Waals surface area contributed by atoms with Crippen molar-refractivity contribution in [3.8, 4) is 0 Å². The molecule has 0 aliphatic heterocycles. The Morgan fingerprint density at radius 2 is 2.11 bits per heavy atom. The van der Waals surface area contributed by atoms with Crippen LogP contribution in [-0.2, 0) is 6.42 Å². The van der Waals surface area contributed by atoms with Crippen LogP contribution in [0.1, 0.15) is 21.5 Å². The van der Waals surface area contributed by atoms with Crippen LogP contribution >= 0.6 is 0 Å². The number of aryl methyl sites for hydroxylation is 1. The van der Waals surface area contributed by atoms with Crippen LogP contribution in [0.15, 0.2) is 42.7 Å². The molecular weight excluding hydrogens is 243 g/mol. The molecule has 0 unspecified atom stereocenters. The first-order valence-corrected chi connectivity index (χ1v) is 6.10. The van der Waals surface area contributed by atoms with Crippen molar-refractivity contribution in [3.63, 3.8) is 0 Å². The average molecular weight is 258 g/mol. The number of benzene rings is 1. The molecule has 1 aromatic heterocycles. The minimum absolute atomic E-state index is 0.179. The molecule has 0 fully saturated rings. The van der Waals surface area contributed by atoms with Crippen LogP contribution in [0, 0.1) is 12.7 Å². The molecule has 1 N–H and O–H groups in total. The van der Waals surface area contributed by atoms with Gasteiger partial charge in [-0.25, -0.2) is 4.39 Å². The van der Waals surface area contributed by atoms with Crippen molar-refractivity contribution in [2.75, 3.05) is 6.54 Å². The van der Waals surface area contributed by atoms with Gasteiger partial charge in [0.05, 0.1) is 5.56 Å². The van der Waals surface area contributed by atoms with E-state index in [2.05, 4.69) is 10.3 Å². The van der Waals surface area contributed by atoms with Gasteiger partial charge in [-0.15, -0.1) is 0 Å². The van der Waals surface area contributed by atoms with Crippen LogP contribution in [0.3, 0.4) is 0 Å². The maximum absolute atomic E-state index is 13.4. The van der Waals surface area contributed by atoms with Gasteiger partial charge in [0, 0.05) is 18.9 Å². The number of pyridine rings is 1. The molecule has 0 aliphatic carbocycles. The molecule has 0 spiro atoms. The zero-order valence-electron chi connectivity index (χ0n) is 10.7. The lowest BCUT2D eigenvalue weighted by Crippen LogP contribution is -2.26. The van der Waals surface area contributed by atoms with Gasteiger partial charge < -0.3 is 5.32 Å². The fourth-order valence-corrected chi connectivity index (χ4v) is 1.81. The maximum Gasteiger partial charge on any atom is 0.253 e. The molecule has 1 aromatic carbocycles. The van der Waals surface area contributed by atoms with Crippen molar-refractivity contribution < 1.29 is 9.18 Å². The second-order valence-electron chi connectivity index (χ2n) is 4.29. The molecule has 98 valence electrons. The number of amides is 1. The van der Waals surface area contributed by atoms with Crippen LogP contribution in [0.4, 0.5) is 4.39 Å². The molecule has 3 nitrogen and oxygen atoms in total. The molecule has 0 bridgehead atoms.